The first-order valence-electron chi connectivity index (χ1n) is 8.87. The molecule has 154 valence electrons. The number of nitrogens with one attached hydrogen (secondary N) is 1. The third-order valence-corrected chi connectivity index (χ3v) is 5.84. The molecule has 1 aliphatic heterocycles. The van der Waals surface area contributed by atoms with Gasteiger partial charge in [0.15, 0.2) is 5.69 Å². The lowest BCUT2D eigenvalue weighted by molar-refractivity contribution is -0.147. The summed E-state index contributed by atoms with van der Waals surface area (Å²) in [5.74, 6) is -1.48. The molecule has 8 nitrogen and oxygen atoms in total. The van der Waals surface area contributed by atoms with Gasteiger partial charge in [0.25, 0.3) is 5.91 Å². The highest BCUT2D eigenvalue weighted by Crippen LogP contribution is 2.28. The predicted octanol–water partition coefficient (Wildman–Crippen LogP) is 2.53. The number of H-pyrrole nitrogens is 1. The van der Waals surface area contributed by atoms with Gasteiger partial charge in [0.1, 0.15) is 0 Å². The van der Waals surface area contributed by atoms with E-state index in [1.807, 2.05) is 17.5 Å². The lowest BCUT2D eigenvalue weighted by Gasteiger charge is -2.31. The maximum absolute atomic E-state index is 13.0. The van der Waals surface area contributed by atoms with E-state index in [2.05, 4.69) is 15.3 Å². The Morgan fingerprint density at radius 3 is 2.62 bits per heavy atom. The molecule has 12 heteroatoms. The normalized spacial score (nSPS) is 15.8. The molecule has 0 bridgehead atoms. The van der Waals surface area contributed by atoms with Crippen molar-refractivity contribution in [1.82, 2.24) is 29.4 Å². The number of carbonyl (C=O) groups excluding carboxylic acids is 1. The third-order valence-electron chi connectivity index (χ3n) is 4.94. The second kappa shape index (κ2) is 7.17. The van der Waals surface area contributed by atoms with Crippen LogP contribution in [0.4, 0.5) is 13.2 Å². The molecule has 0 radical (unpaired) electrons. The summed E-state index contributed by atoms with van der Waals surface area (Å²) < 4.78 is 40.3. The van der Waals surface area contributed by atoms with E-state index >= 15 is 0 Å². The molecule has 3 aromatic rings. The fraction of sp³-hybridized carbons (Fsp3) is 0.412. The summed E-state index contributed by atoms with van der Waals surface area (Å²) in [7, 11) is 1.05. The maximum atomic E-state index is 13.0. The molecule has 0 saturated carbocycles. The molecule has 1 N–H and O–H groups in total. The summed E-state index contributed by atoms with van der Waals surface area (Å²) in [5, 5.41) is 12.3. The van der Waals surface area contributed by atoms with Crippen LogP contribution in [0.2, 0.25) is 0 Å². The minimum atomic E-state index is -4.70. The van der Waals surface area contributed by atoms with E-state index < -0.39 is 23.7 Å². The summed E-state index contributed by atoms with van der Waals surface area (Å²) in [6.45, 7) is 0.601. The van der Waals surface area contributed by atoms with Gasteiger partial charge in [-0.3, -0.25) is 14.5 Å². The van der Waals surface area contributed by atoms with Crippen molar-refractivity contribution in [3.63, 3.8) is 0 Å². The van der Waals surface area contributed by atoms with Crippen LogP contribution in [0.25, 0.3) is 10.6 Å². The van der Waals surface area contributed by atoms with Gasteiger partial charge in [0.2, 0.25) is 5.82 Å². The molecular formula is C17H17F3N6O2S. The third kappa shape index (κ3) is 3.59. The van der Waals surface area contributed by atoms with E-state index in [9.17, 15) is 22.8 Å². The van der Waals surface area contributed by atoms with Crippen molar-refractivity contribution in [3.8, 4) is 10.6 Å². The fourth-order valence-corrected chi connectivity index (χ4v) is 4.10. The van der Waals surface area contributed by atoms with Crippen molar-refractivity contribution in [3.05, 3.63) is 45.6 Å². The van der Waals surface area contributed by atoms with Gasteiger partial charge in [-0.05, 0) is 30.4 Å². The number of piperidine rings is 1. The van der Waals surface area contributed by atoms with E-state index in [1.165, 1.54) is 11.3 Å². The number of likely N-dealkylation sites (tertiary alicyclic amines) is 1. The maximum Gasteiger partial charge on any atom is 0.451 e. The molecular weight excluding hydrogens is 409 g/mol. The lowest BCUT2D eigenvalue weighted by Crippen LogP contribution is -2.41. The average molecular weight is 426 g/mol. The monoisotopic (exact) mass is 426 g/mol. The molecule has 0 unspecified atom stereocenters. The molecule has 0 aliphatic carbocycles. The Labute approximate surface area is 166 Å². The van der Waals surface area contributed by atoms with E-state index in [1.54, 1.807) is 11.0 Å². The molecule has 0 spiro atoms. The number of carbonyl (C=O) groups is 1. The van der Waals surface area contributed by atoms with Crippen molar-refractivity contribution in [2.75, 3.05) is 13.1 Å². The quantitative estimate of drug-likeness (QED) is 0.697. The van der Waals surface area contributed by atoms with E-state index in [4.69, 9.17) is 0 Å². The predicted molar refractivity (Wildman–Crippen MR) is 98.5 cm³/mol. The van der Waals surface area contributed by atoms with Crippen molar-refractivity contribution in [2.45, 2.75) is 25.1 Å². The van der Waals surface area contributed by atoms with Gasteiger partial charge in [0.05, 0.1) is 16.6 Å². The number of hydrogen-bond acceptors (Lipinski definition) is 5. The molecule has 0 atom stereocenters. The van der Waals surface area contributed by atoms with Crippen LogP contribution >= 0.6 is 11.3 Å². The first-order chi connectivity index (χ1) is 13.8. The number of aromatic nitrogens is 5. The minimum absolute atomic E-state index is 0.258. The van der Waals surface area contributed by atoms with Crippen LogP contribution in [0.1, 0.15) is 35.2 Å². The Kier molecular flexibility index (Phi) is 4.81. The molecule has 1 saturated heterocycles. The SMILES string of the molecule is Cn1c(C(F)(F)F)nn(C2CCN(C(=O)c3cc(-c4cccs4)[nH]n3)CC2)c1=O. The topological polar surface area (TPSA) is 88.8 Å². The zero-order valence-electron chi connectivity index (χ0n) is 15.3. The summed E-state index contributed by atoms with van der Waals surface area (Å²) in [4.78, 5) is 27.4. The molecule has 4 rings (SSSR count). The zero-order valence-corrected chi connectivity index (χ0v) is 16.1. The van der Waals surface area contributed by atoms with E-state index in [0.29, 0.717) is 30.5 Å². The molecule has 0 aromatic carbocycles. The number of amides is 1. The van der Waals surface area contributed by atoms with E-state index in [-0.39, 0.29) is 11.6 Å². The molecule has 4 heterocycles. The van der Waals surface area contributed by atoms with Crippen molar-refractivity contribution in [1.29, 1.82) is 0 Å². The van der Waals surface area contributed by atoms with Crippen molar-refractivity contribution >= 4 is 17.2 Å². The van der Waals surface area contributed by atoms with E-state index in [0.717, 1.165) is 22.3 Å². The van der Waals surface area contributed by atoms with Gasteiger partial charge < -0.3 is 4.90 Å². The van der Waals surface area contributed by atoms with Gasteiger partial charge in [0, 0.05) is 20.1 Å². The Morgan fingerprint density at radius 2 is 2.03 bits per heavy atom. The fourth-order valence-electron chi connectivity index (χ4n) is 3.41. The smallest absolute Gasteiger partial charge is 0.337 e. The summed E-state index contributed by atoms with van der Waals surface area (Å²) in [5.41, 5.74) is 0.217. The number of halogens is 3. The number of alkyl halides is 3. The standard InChI is InChI=1S/C17H17F3N6O2S/c1-24-15(17(18,19)20)23-26(16(24)28)10-4-6-25(7-5-10)14(27)12-9-11(21-22-12)13-3-2-8-29-13/h2-3,8-10H,4-7H2,1H3,(H,21,22). The van der Waals surface area contributed by atoms with Crippen LogP contribution in [0, 0.1) is 0 Å². The van der Waals surface area contributed by atoms with Crippen LogP contribution in [0.5, 0.6) is 0 Å². The number of aromatic amines is 1. The second-order valence-electron chi connectivity index (χ2n) is 6.78. The Hall–Kier alpha value is -2.89. The summed E-state index contributed by atoms with van der Waals surface area (Å²) in [6.07, 6.45) is -4.03. The highest BCUT2D eigenvalue weighted by molar-refractivity contribution is 7.13. The molecule has 3 aromatic heterocycles. The number of thiophene rings is 1. The highest BCUT2D eigenvalue weighted by Gasteiger charge is 2.39. The zero-order chi connectivity index (χ0) is 20.8. The highest BCUT2D eigenvalue weighted by atomic mass is 32.1. The Bertz CT molecular complexity index is 1070. The summed E-state index contributed by atoms with van der Waals surface area (Å²) >= 11 is 1.52. The molecule has 1 fully saturated rings. The van der Waals surface area contributed by atoms with Gasteiger partial charge >= 0.3 is 11.9 Å². The first-order valence-corrected chi connectivity index (χ1v) is 9.75. The van der Waals surface area contributed by atoms with Crippen LogP contribution in [0.15, 0.2) is 28.4 Å². The van der Waals surface area contributed by atoms with Crippen molar-refractivity contribution in [2.24, 2.45) is 7.05 Å². The number of rotatable bonds is 3. The Morgan fingerprint density at radius 1 is 1.31 bits per heavy atom. The molecule has 29 heavy (non-hydrogen) atoms. The molecule has 1 amide bonds. The van der Waals surface area contributed by atoms with Gasteiger partial charge in [-0.2, -0.15) is 18.3 Å². The van der Waals surface area contributed by atoms with Gasteiger partial charge in [-0.1, -0.05) is 6.07 Å². The largest absolute Gasteiger partial charge is 0.451 e. The van der Waals surface area contributed by atoms with Crippen LogP contribution in [-0.4, -0.2) is 48.4 Å². The second-order valence-corrected chi connectivity index (χ2v) is 7.72. The Balaban J connectivity index is 1.45. The average Bonchev–Trinajstić information content (AvgIpc) is 3.42. The minimum Gasteiger partial charge on any atom is -0.337 e. The lowest BCUT2D eigenvalue weighted by atomic mass is 10.0. The van der Waals surface area contributed by atoms with Crippen LogP contribution in [-0.2, 0) is 13.2 Å². The van der Waals surface area contributed by atoms with Crippen molar-refractivity contribution < 1.29 is 18.0 Å². The first kappa shape index (κ1) is 19.4. The number of nitrogens with zero attached hydrogens (tertiary/aromatic N) is 5. The molecule has 1 aliphatic rings. The van der Waals surface area contributed by atoms with Gasteiger partial charge in [-0.15, -0.1) is 16.4 Å². The van der Waals surface area contributed by atoms with Crippen LogP contribution < -0.4 is 5.69 Å². The van der Waals surface area contributed by atoms with Crippen LogP contribution in [0.3, 0.4) is 0 Å². The number of hydrogen-bond donors (Lipinski definition) is 1. The summed E-state index contributed by atoms with van der Waals surface area (Å²) in [6, 6.07) is 5.00. The van der Waals surface area contributed by atoms with Gasteiger partial charge in [-0.25, -0.2) is 9.48 Å².